The van der Waals surface area contributed by atoms with Gasteiger partial charge in [-0.3, -0.25) is 24.0 Å². The second kappa shape index (κ2) is 35.5. The van der Waals surface area contributed by atoms with Gasteiger partial charge < -0.3 is 99.2 Å². The monoisotopic (exact) mass is 1110 g/mol. The lowest BCUT2D eigenvalue weighted by Crippen LogP contribution is -2.67. The molecule has 0 aromatic heterocycles. The summed E-state index contributed by atoms with van der Waals surface area (Å²) >= 11 is 0. The van der Waals surface area contributed by atoms with E-state index in [2.05, 4.69) is 17.6 Å². The van der Waals surface area contributed by atoms with Crippen LogP contribution in [-0.2, 0) is 66.6 Å². The number of aliphatic hydroxyl groups is 7. The maximum atomic E-state index is 12.5. The first kappa shape index (κ1) is 68.0. The standard InChI is InChI=1S/C35H63NO12.C17H29NO11/c1-5-6-7-8-9-10-11-12-13-14-15-16-17-18-19-20-28(40)45-22-26-30(41)34(29(23(2)46-26)36-24(3)37)48-35-32(43)31(42)33(44-4)25(47-35)21-27(38)39;1-6-11(18-7(2)20)16(12(23)9(5-19)27-6)29-17-14(25)13(24)15(26-3)8(28-17)4-10(21)22/h23,25-26,29-35,41-43H,5-22H2,1-4H3,(H,36,37)(H,38,39);6,8-9,11-17,19,23-25H,4-5H2,1-3H3,(H,18,20)(H,21,22)/t23-,25?,26?,29?,30+,31+,32?,33+,34+,35-;6-,8?,9?,11?,12+,13+,14?,15+,16+,17-/m00/s1. The number of rotatable bonds is 31. The molecule has 4 heterocycles. The minimum absolute atomic E-state index is 0.247. The molecule has 25 heteroatoms. The number of aliphatic hydroxyl groups excluding tert-OH is 7. The van der Waals surface area contributed by atoms with Gasteiger partial charge in [0.05, 0.1) is 43.7 Å². The predicted molar refractivity (Wildman–Crippen MR) is 271 cm³/mol. The molecule has 0 aliphatic carbocycles. The molecule has 4 aliphatic heterocycles. The Hall–Kier alpha value is -3.25. The van der Waals surface area contributed by atoms with Gasteiger partial charge in [-0.1, -0.05) is 96.8 Å². The molecule has 4 saturated heterocycles. The van der Waals surface area contributed by atoms with Crippen molar-refractivity contribution in [1.29, 1.82) is 0 Å². The van der Waals surface area contributed by atoms with Crippen molar-refractivity contribution in [3.63, 3.8) is 0 Å². The quantitative estimate of drug-likeness (QED) is 0.0336. The molecule has 0 bridgehead atoms. The summed E-state index contributed by atoms with van der Waals surface area (Å²) in [4.78, 5) is 58.5. The Labute approximate surface area is 451 Å². The highest BCUT2D eigenvalue weighted by Gasteiger charge is 2.53. The van der Waals surface area contributed by atoms with Gasteiger partial charge in [-0.25, -0.2) is 0 Å². The normalized spacial score (nSPS) is 35.2. The van der Waals surface area contributed by atoms with Crippen LogP contribution in [0.1, 0.15) is 150 Å². The number of esters is 1. The summed E-state index contributed by atoms with van der Waals surface area (Å²) in [5, 5.41) is 96.9. The van der Waals surface area contributed by atoms with E-state index in [0.717, 1.165) is 19.3 Å². The number of hydrogen-bond acceptors (Lipinski definition) is 21. The molecule has 4 aliphatic rings. The summed E-state index contributed by atoms with van der Waals surface area (Å²) in [6.45, 7) is 7.25. The summed E-state index contributed by atoms with van der Waals surface area (Å²) in [6.07, 6.45) is -5.11. The Morgan fingerprint density at radius 1 is 0.481 bits per heavy atom. The van der Waals surface area contributed by atoms with Gasteiger partial charge >= 0.3 is 17.9 Å². The van der Waals surface area contributed by atoms with Crippen molar-refractivity contribution in [3.8, 4) is 0 Å². The van der Waals surface area contributed by atoms with Crippen molar-refractivity contribution < 1.29 is 113 Å². The zero-order chi connectivity index (χ0) is 57.4. The molecule has 11 N–H and O–H groups in total. The van der Waals surface area contributed by atoms with Crippen LogP contribution >= 0.6 is 0 Å². The predicted octanol–water partition coefficient (Wildman–Crippen LogP) is 0.719. The van der Waals surface area contributed by atoms with Crippen LogP contribution in [0.4, 0.5) is 0 Å². The molecule has 25 nitrogen and oxygen atoms in total. The Morgan fingerprint density at radius 2 is 0.844 bits per heavy atom. The maximum absolute atomic E-state index is 12.5. The highest BCUT2D eigenvalue weighted by atomic mass is 16.7. The number of aliphatic carboxylic acids is 2. The summed E-state index contributed by atoms with van der Waals surface area (Å²) in [7, 11) is 2.49. The molecular weight excluding hydrogens is 1020 g/mol. The molecule has 2 amide bonds. The number of carbonyl (C=O) groups is 5. The van der Waals surface area contributed by atoms with Gasteiger partial charge in [-0.2, -0.15) is 0 Å². The molecule has 0 radical (unpaired) electrons. The van der Waals surface area contributed by atoms with Crippen LogP contribution in [0.5, 0.6) is 0 Å². The van der Waals surface area contributed by atoms with E-state index in [-0.39, 0.29) is 13.0 Å². The molecule has 448 valence electrons. The minimum Gasteiger partial charge on any atom is -0.481 e. The molecule has 4 rings (SSSR count). The van der Waals surface area contributed by atoms with Crippen LogP contribution in [-0.4, -0.2) is 225 Å². The van der Waals surface area contributed by atoms with E-state index >= 15 is 0 Å². The topological polar surface area (TPSA) is 375 Å². The number of carboxylic acid groups (broad SMARTS) is 2. The molecule has 4 fully saturated rings. The molecular formula is C52H92N2O23. The number of carboxylic acids is 2. The van der Waals surface area contributed by atoms with Crippen molar-refractivity contribution in [2.75, 3.05) is 27.4 Å². The smallest absolute Gasteiger partial charge is 0.306 e. The van der Waals surface area contributed by atoms with Crippen molar-refractivity contribution in [1.82, 2.24) is 10.6 Å². The van der Waals surface area contributed by atoms with Crippen LogP contribution in [0.2, 0.25) is 0 Å². The number of methoxy groups -OCH3 is 2. The lowest BCUT2D eigenvalue weighted by atomic mass is 9.92. The van der Waals surface area contributed by atoms with Crippen LogP contribution in [0.25, 0.3) is 0 Å². The number of hydrogen-bond donors (Lipinski definition) is 11. The first-order valence-electron chi connectivity index (χ1n) is 27.4. The minimum atomic E-state index is -1.66. The fraction of sp³-hybridized carbons (Fsp3) is 0.904. The average Bonchev–Trinajstić information content (AvgIpc) is 3.37. The SMILES string of the molecule is CCCCCCCCCCCCCCCCCC(=O)OCC1O[C@@H](C)C(NC(C)=O)[C@@H](O[C@@H]2OC(CC(=O)O)[C@@H](OC)[C@H](O)C2O)[C@@H]1O.CO[C@@H]1C(CC(=O)O)O[C@@H](O[C@@H]2C(NC(C)=O)[C@H](C)OC(CO)[C@H]2O)C(O)[C@H]1O. The third-order valence-electron chi connectivity index (χ3n) is 14.4. The molecule has 0 aromatic rings. The largest absolute Gasteiger partial charge is 0.481 e. The van der Waals surface area contributed by atoms with Gasteiger partial charge in [0.1, 0.15) is 92.1 Å². The van der Waals surface area contributed by atoms with E-state index in [0.29, 0.717) is 6.42 Å². The first-order valence-corrected chi connectivity index (χ1v) is 27.4. The first-order chi connectivity index (χ1) is 36.6. The molecule has 20 atom stereocenters. The van der Waals surface area contributed by atoms with E-state index in [4.69, 9.17) is 47.7 Å². The number of amides is 2. The zero-order valence-corrected chi connectivity index (χ0v) is 45.9. The number of carbonyl (C=O) groups excluding carboxylic acids is 3. The van der Waals surface area contributed by atoms with E-state index in [9.17, 15) is 64.8 Å². The fourth-order valence-corrected chi connectivity index (χ4v) is 10.2. The Morgan fingerprint density at radius 3 is 1.19 bits per heavy atom. The van der Waals surface area contributed by atoms with Crippen LogP contribution in [0.3, 0.4) is 0 Å². The highest BCUT2D eigenvalue weighted by molar-refractivity contribution is 5.74. The van der Waals surface area contributed by atoms with Crippen LogP contribution in [0, 0.1) is 0 Å². The van der Waals surface area contributed by atoms with Gasteiger partial charge in [0.2, 0.25) is 11.8 Å². The fourth-order valence-electron chi connectivity index (χ4n) is 10.2. The molecule has 0 saturated carbocycles. The van der Waals surface area contributed by atoms with Crippen molar-refractivity contribution in [2.45, 2.75) is 273 Å². The number of ether oxygens (including phenoxy) is 9. The van der Waals surface area contributed by atoms with Gasteiger partial charge in [-0.15, -0.1) is 0 Å². The summed E-state index contributed by atoms with van der Waals surface area (Å²) < 4.78 is 49.9. The summed E-state index contributed by atoms with van der Waals surface area (Å²) in [5.74, 6) is -3.70. The second-order valence-corrected chi connectivity index (χ2v) is 20.6. The Bertz CT molecular complexity index is 1730. The number of unbranched alkanes of at least 4 members (excludes halogenated alkanes) is 14. The second-order valence-electron chi connectivity index (χ2n) is 20.6. The third-order valence-corrected chi connectivity index (χ3v) is 14.4. The van der Waals surface area contributed by atoms with Crippen LogP contribution in [0.15, 0.2) is 0 Å². The molecule has 0 spiro atoms. The maximum Gasteiger partial charge on any atom is 0.306 e. The van der Waals surface area contributed by atoms with Gasteiger partial charge in [-0.05, 0) is 20.3 Å². The van der Waals surface area contributed by atoms with E-state index in [1.807, 2.05) is 0 Å². The van der Waals surface area contributed by atoms with Crippen molar-refractivity contribution >= 4 is 29.7 Å². The van der Waals surface area contributed by atoms with Crippen LogP contribution < -0.4 is 10.6 Å². The third kappa shape index (κ3) is 22.0. The van der Waals surface area contributed by atoms with E-state index in [1.54, 1.807) is 13.8 Å². The van der Waals surface area contributed by atoms with Gasteiger partial charge in [0.25, 0.3) is 0 Å². The average molecular weight is 1110 g/mol. The molecule has 8 unspecified atom stereocenters. The molecule has 0 aromatic carbocycles. The van der Waals surface area contributed by atoms with Crippen molar-refractivity contribution in [2.24, 2.45) is 0 Å². The summed E-state index contributed by atoms with van der Waals surface area (Å²) in [5.41, 5.74) is 0. The Kier molecular flexibility index (Phi) is 31.3. The lowest BCUT2D eigenvalue weighted by molar-refractivity contribution is -0.330. The summed E-state index contributed by atoms with van der Waals surface area (Å²) in [6, 6.07) is -1.77. The van der Waals surface area contributed by atoms with Crippen molar-refractivity contribution in [3.05, 3.63) is 0 Å². The van der Waals surface area contributed by atoms with Gasteiger partial charge in [0, 0.05) is 34.5 Å². The van der Waals surface area contributed by atoms with E-state index < -0.39 is 171 Å². The number of nitrogens with one attached hydrogen (secondary N) is 2. The lowest BCUT2D eigenvalue weighted by Gasteiger charge is -2.47. The van der Waals surface area contributed by atoms with E-state index in [1.165, 1.54) is 98.7 Å². The highest BCUT2D eigenvalue weighted by Crippen LogP contribution is 2.33. The van der Waals surface area contributed by atoms with Gasteiger partial charge in [0.15, 0.2) is 12.6 Å². The zero-order valence-electron chi connectivity index (χ0n) is 45.9. The Balaban J connectivity index is 0.000000457. The molecule has 77 heavy (non-hydrogen) atoms.